The fourth-order valence-corrected chi connectivity index (χ4v) is 3.02. The molecular formula is C17H21N3. The molecule has 0 amide bonds. The topological polar surface area (TPSA) is 28.2 Å². The Morgan fingerprint density at radius 2 is 2.10 bits per heavy atom. The first-order valence-electron chi connectivity index (χ1n) is 7.22. The molecule has 20 heavy (non-hydrogen) atoms. The van der Waals surface area contributed by atoms with Gasteiger partial charge in [0.15, 0.2) is 0 Å². The highest BCUT2D eigenvalue weighted by molar-refractivity contribution is 5.69. The number of benzene rings is 1. The SMILES string of the molecule is CNCc1ccncc1N1CC(C)Cc2ccccc21. The van der Waals surface area contributed by atoms with E-state index in [2.05, 4.69) is 52.5 Å². The van der Waals surface area contributed by atoms with Crippen LogP contribution in [-0.4, -0.2) is 18.6 Å². The maximum absolute atomic E-state index is 4.33. The molecular weight excluding hydrogens is 246 g/mol. The molecule has 1 unspecified atom stereocenters. The molecule has 0 saturated heterocycles. The number of hydrogen-bond acceptors (Lipinski definition) is 3. The lowest BCUT2D eigenvalue weighted by Crippen LogP contribution is -2.31. The average molecular weight is 267 g/mol. The summed E-state index contributed by atoms with van der Waals surface area (Å²) in [6, 6.07) is 10.8. The van der Waals surface area contributed by atoms with Gasteiger partial charge in [0.2, 0.25) is 0 Å². The van der Waals surface area contributed by atoms with E-state index in [1.807, 2.05) is 19.4 Å². The van der Waals surface area contributed by atoms with Crippen LogP contribution >= 0.6 is 0 Å². The first-order valence-corrected chi connectivity index (χ1v) is 7.22. The molecule has 3 heteroatoms. The number of anilines is 2. The number of fused-ring (bicyclic) bond motifs is 1. The largest absolute Gasteiger partial charge is 0.339 e. The highest BCUT2D eigenvalue weighted by atomic mass is 15.2. The van der Waals surface area contributed by atoms with Gasteiger partial charge in [-0.3, -0.25) is 4.98 Å². The predicted octanol–water partition coefficient (Wildman–Crippen LogP) is 3.13. The van der Waals surface area contributed by atoms with E-state index in [0.29, 0.717) is 5.92 Å². The van der Waals surface area contributed by atoms with Gasteiger partial charge in [-0.1, -0.05) is 25.1 Å². The number of nitrogens with one attached hydrogen (secondary N) is 1. The minimum atomic E-state index is 0.660. The summed E-state index contributed by atoms with van der Waals surface area (Å²) in [5.74, 6) is 0.660. The first-order chi connectivity index (χ1) is 9.79. The van der Waals surface area contributed by atoms with E-state index in [0.717, 1.165) is 19.5 Å². The Hall–Kier alpha value is -1.87. The molecule has 0 radical (unpaired) electrons. The van der Waals surface area contributed by atoms with Gasteiger partial charge < -0.3 is 10.2 Å². The third-order valence-electron chi connectivity index (χ3n) is 3.89. The zero-order valence-corrected chi connectivity index (χ0v) is 12.1. The van der Waals surface area contributed by atoms with Gasteiger partial charge in [0.1, 0.15) is 0 Å². The summed E-state index contributed by atoms with van der Waals surface area (Å²) in [6.45, 7) is 4.24. The Morgan fingerprint density at radius 1 is 1.25 bits per heavy atom. The number of nitrogens with zero attached hydrogens (tertiary/aromatic N) is 2. The Bertz CT molecular complexity index is 594. The second-order valence-corrected chi connectivity index (χ2v) is 5.58. The molecule has 104 valence electrons. The highest BCUT2D eigenvalue weighted by Gasteiger charge is 2.23. The van der Waals surface area contributed by atoms with E-state index in [1.54, 1.807) is 0 Å². The third-order valence-corrected chi connectivity index (χ3v) is 3.89. The van der Waals surface area contributed by atoms with Crippen LogP contribution in [0.5, 0.6) is 0 Å². The normalized spacial score (nSPS) is 17.9. The molecule has 3 nitrogen and oxygen atoms in total. The molecule has 1 N–H and O–H groups in total. The average Bonchev–Trinajstić information content (AvgIpc) is 2.47. The second-order valence-electron chi connectivity index (χ2n) is 5.58. The van der Waals surface area contributed by atoms with Crippen LogP contribution in [0, 0.1) is 5.92 Å². The maximum atomic E-state index is 4.33. The van der Waals surface area contributed by atoms with Crippen molar-refractivity contribution in [3.63, 3.8) is 0 Å². The number of para-hydroxylation sites is 1. The van der Waals surface area contributed by atoms with Gasteiger partial charge in [-0.25, -0.2) is 0 Å². The van der Waals surface area contributed by atoms with Crippen molar-refractivity contribution in [3.05, 3.63) is 53.9 Å². The second kappa shape index (κ2) is 5.63. The van der Waals surface area contributed by atoms with E-state index >= 15 is 0 Å². The molecule has 1 aliphatic heterocycles. The van der Waals surface area contributed by atoms with Gasteiger partial charge in [0, 0.05) is 25.0 Å². The Morgan fingerprint density at radius 3 is 2.95 bits per heavy atom. The van der Waals surface area contributed by atoms with Crippen molar-refractivity contribution in [2.45, 2.75) is 19.9 Å². The zero-order valence-electron chi connectivity index (χ0n) is 12.1. The molecule has 0 fully saturated rings. The van der Waals surface area contributed by atoms with Crippen molar-refractivity contribution < 1.29 is 0 Å². The van der Waals surface area contributed by atoms with Crippen molar-refractivity contribution in [3.8, 4) is 0 Å². The van der Waals surface area contributed by atoms with E-state index in [1.165, 1.54) is 22.5 Å². The molecule has 1 aromatic heterocycles. The van der Waals surface area contributed by atoms with Gasteiger partial charge in [-0.05, 0) is 42.6 Å². The van der Waals surface area contributed by atoms with Gasteiger partial charge in [0.25, 0.3) is 0 Å². The number of hydrogen-bond donors (Lipinski definition) is 1. The van der Waals surface area contributed by atoms with E-state index in [9.17, 15) is 0 Å². The zero-order chi connectivity index (χ0) is 13.9. The van der Waals surface area contributed by atoms with Crippen LogP contribution in [0.15, 0.2) is 42.7 Å². The summed E-state index contributed by atoms with van der Waals surface area (Å²) in [5, 5.41) is 3.24. The lowest BCUT2D eigenvalue weighted by atomic mass is 9.93. The van der Waals surface area contributed by atoms with Crippen molar-refractivity contribution in [1.82, 2.24) is 10.3 Å². The Labute approximate surface area is 120 Å². The maximum Gasteiger partial charge on any atom is 0.0642 e. The first kappa shape index (κ1) is 13.1. The lowest BCUT2D eigenvalue weighted by Gasteiger charge is -2.35. The van der Waals surface area contributed by atoms with Crippen molar-refractivity contribution in [2.24, 2.45) is 5.92 Å². The third kappa shape index (κ3) is 2.41. The number of pyridine rings is 1. The van der Waals surface area contributed by atoms with Gasteiger partial charge >= 0.3 is 0 Å². The predicted molar refractivity (Wildman–Crippen MR) is 83.3 cm³/mol. The molecule has 2 aromatic rings. The summed E-state index contributed by atoms with van der Waals surface area (Å²) >= 11 is 0. The molecule has 3 rings (SSSR count). The summed E-state index contributed by atoms with van der Waals surface area (Å²) < 4.78 is 0. The minimum Gasteiger partial charge on any atom is -0.339 e. The van der Waals surface area contributed by atoms with Crippen LogP contribution in [0.4, 0.5) is 11.4 Å². The lowest BCUT2D eigenvalue weighted by molar-refractivity contribution is 0.561. The van der Waals surface area contributed by atoms with Crippen molar-refractivity contribution in [2.75, 3.05) is 18.5 Å². The standard InChI is InChI=1S/C17H21N3/c1-13-9-14-5-3-4-6-16(14)20(12-13)17-11-19-8-7-15(17)10-18-2/h3-8,11,13,18H,9-10,12H2,1-2H3. The van der Waals surface area contributed by atoms with Crippen LogP contribution in [-0.2, 0) is 13.0 Å². The molecule has 1 aromatic carbocycles. The number of rotatable bonds is 3. The van der Waals surface area contributed by atoms with Gasteiger partial charge in [-0.15, -0.1) is 0 Å². The fraction of sp³-hybridized carbons (Fsp3) is 0.353. The molecule has 2 heterocycles. The van der Waals surface area contributed by atoms with Crippen LogP contribution in [0.25, 0.3) is 0 Å². The fourth-order valence-electron chi connectivity index (χ4n) is 3.02. The van der Waals surface area contributed by atoms with Crippen LogP contribution in [0.2, 0.25) is 0 Å². The Balaban J connectivity index is 2.06. The Kier molecular flexibility index (Phi) is 3.70. The van der Waals surface area contributed by atoms with Gasteiger partial charge in [0.05, 0.1) is 11.9 Å². The summed E-state index contributed by atoms with van der Waals surface area (Å²) in [5.41, 5.74) is 5.29. The van der Waals surface area contributed by atoms with Crippen LogP contribution < -0.4 is 10.2 Å². The summed E-state index contributed by atoms with van der Waals surface area (Å²) in [4.78, 5) is 6.75. The molecule has 1 atom stereocenters. The molecule has 0 bridgehead atoms. The quantitative estimate of drug-likeness (QED) is 0.926. The van der Waals surface area contributed by atoms with Crippen molar-refractivity contribution in [1.29, 1.82) is 0 Å². The van der Waals surface area contributed by atoms with E-state index < -0.39 is 0 Å². The minimum absolute atomic E-state index is 0.660. The van der Waals surface area contributed by atoms with Gasteiger partial charge in [-0.2, -0.15) is 0 Å². The molecule has 1 aliphatic rings. The monoisotopic (exact) mass is 267 g/mol. The smallest absolute Gasteiger partial charge is 0.0642 e. The van der Waals surface area contributed by atoms with Crippen molar-refractivity contribution >= 4 is 11.4 Å². The van der Waals surface area contributed by atoms with E-state index in [-0.39, 0.29) is 0 Å². The summed E-state index contributed by atoms with van der Waals surface area (Å²) in [7, 11) is 1.98. The van der Waals surface area contributed by atoms with Crippen LogP contribution in [0.3, 0.4) is 0 Å². The highest BCUT2D eigenvalue weighted by Crippen LogP contribution is 2.36. The molecule has 0 saturated carbocycles. The molecule has 0 spiro atoms. The van der Waals surface area contributed by atoms with E-state index in [4.69, 9.17) is 0 Å². The van der Waals surface area contributed by atoms with Crippen LogP contribution in [0.1, 0.15) is 18.1 Å². The summed E-state index contributed by atoms with van der Waals surface area (Å²) in [6.07, 6.45) is 5.02. The molecule has 0 aliphatic carbocycles. The number of aromatic nitrogens is 1.